The van der Waals surface area contributed by atoms with Gasteiger partial charge in [0.25, 0.3) is 0 Å². The van der Waals surface area contributed by atoms with Gasteiger partial charge in [-0.25, -0.2) is 9.59 Å². The highest BCUT2D eigenvalue weighted by Crippen LogP contribution is 2.32. The number of hydrogen-bond acceptors (Lipinski definition) is 3. The normalized spacial score (nSPS) is 10.1. The Morgan fingerprint density at radius 3 is 2.47 bits per heavy atom. The fraction of sp³-hybridized carbons (Fsp3) is 0.385. The van der Waals surface area contributed by atoms with Gasteiger partial charge in [0.15, 0.2) is 0 Å². The molecule has 0 atom stereocenters. The molecule has 0 spiro atoms. The predicted octanol–water partition coefficient (Wildman–Crippen LogP) is 3.10. The molecule has 0 saturated carbocycles. The number of aromatic carboxylic acids is 1. The lowest BCUT2D eigenvalue weighted by Gasteiger charge is -2.17. The Kier molecular flexibility index (Phi) is 4.72. The van der Waals surface area contributed by atoms with Crippen molar-refractivity contribution in [1.82, 2.24) is 4.90 Å². The molecule has 0 fully saturated rings. The van der Waals surface area contributed by atoms with Crippen LogP contribution in [-0.4, -0.2) is 35.6 Å². The third-order valence-electron chi connectivity index (χ3n) is 2.67. The van der Waals surface area contributed by atoms with Gasteiger partial charge in [-0.2, -0.15) is 0 Å². The summed E-state index contributed by atoms with van der Waals surface area (Å²) < 4.78 is 0. The fourth-order valence-corrected chi connectivity index (χ4v) is 2.68. The maximum Gasteiger partial charge on any atom is 0.338 e. The average molecular weight is 282 g/mol. The minimum atomic E-state index is -1.03. The van der Waals surface area contributed by atoms with Crippen molar-refractivity contribution in [3.8, 4) is 0 Å². The van der Waals surface area contributed by atoms with Crippen LogP contribution in [0.5, 0.6) is 0 Å². The number of urea groups is 1. The number of rotatable bonds is 4. The predicted molar refractivity (Wildman–Crippen MR) is 77.2 cm³/mol. The molecule has 6 heteroatoms. The number of anilines is 1. The van der Waals surface area contributed by atoms with Crippen molar-refractivity contribution in [1.29, 1.82) is 0 Å². The molecule has 0 saturated heterocycles. The topological polar surface area (TPSA) is 69.6 Å². The van der Waals surface area contributed by atoms with Crippen LogP contribution in [0.2, 0.25) is 0 Å². The van der Waals surface area contributed by atoms with Gasteiger partial charge in [-0.15, -0.1) is 11.3 Å². The average Bonchev–Trinajstić information content (AvgIpc) is 2.53. The van der Waals surface area contributed by atoms with E-state index in [0.717, 1.165) is 10.5 Å². The molecule has 0 bridgehead atoms. The first-order valence-electron chi connectivity index (χ1n) is 5.73. The van der Waals surface area contributed by atoms with Crippen LogP contribution in [0.3, 0.4) is 0 Å². The molecule has 1 heterocycles. The van der Waals surface area contributed by atoms with Crippen LogP contribution in [-0.2, 0) is 0 Å². The number of nitrogens with one attached hydrogen (secondary N) is 1. The molecular weight excluding hydrogens is 264 g/mol. The van der Waals surface area contributed by atoms with E-state index in [1.807, 2.05) is 13.8 Å². The second-order valence-electron chi connectivity index (χ2n) is 4.54. The summed E-state index contributed by atoms with van der Waals surface area (Å²) in [6, 6.07) is -0.341. The van der Waals surface area contributed by atoms with Crippen LogP contribution >= 0.6 is 11.3 Å². The summed E-state index contributed by atoms with van der Waals surface area (Å²) in [7, 11) is 1.64. The molecule has 2 amide bonds. The maximum atomic E-state index is 11.9. The Balaban J connectivity index is 2.94. The van der Waals surface area contributed by atoms with E-state index < -0.39 is 5.97 Å². The van der Waals surface area contributed by atoms with Crippen molar-refractivity contribution in [2.24, 2.45) is 0 Å². The van der Waals surface area contributed by atoms with Gasteiger partial charge in [-0.1, -0.05) is 12.2 Å². The molecular formula is C13H18N2O3S. The number of carbonyl (C=O) groups excluding carboxylic acids is 1. The summed E-state index contributed by atoms with van der Waals surface area (Å²) in [5, 5.41) is 12.2. The van der Waals surface area contributed by atoms with Gasteiger partial charge < -0.3 is 10.0 Å². The molecule has 104 valence electrons. The molecule has 2 N–H and O–H groups in total. The van der Waals surface area contributed by atoms with Crippen molar-refractivity contribution in [3.63, 3.8) is 0 Å². The highest BCUT2D eigenvalue weighted by Gasteiger charge is 2.21. The number of carbonyl (C=O) groups is 2. The summed E-state index contributed by atoms with van der Waals surface area (Å²) >= 11 is 1.27. The SMILES string of the molecule is C=C(C)CN(C)C(=O)Nc1sc(C)c(C)c1C(=O)O. The minimum absolute atomic E-state index is 0.166. The zero-order chi connectivity index (χ0) is 14.7. The first-order chi connectivity index (χ1) is 8.73. The molecule has 1 aromatic heterocycles. The zero-order valence-electron chi connectivity index (χ0n) is 11.5. The van der Waals surface area contributed by atoms with Crippen molar-refractivity contribution in [3.05, 3.63) is 28.2 Å². The van der Waals surface area contributed by atoms with Crippen LogP contribution in [0.1, 0.15) is 27.7 Å². The number of carboxylic acids is 1. The summed E-state index contributed by atoms with van der Waals surface area (Å²) in [5.74, 6) is -1.03. The Bertz CT molecular complexity index is 534. The van der Waals surface area contributed by atoms with Gasteiger partial charge >= 0.3 is 12.0 Å². The Hall–Kier alpha value is -1.82. The number of likely N-dealkylation sites (N-methyl/N-ethyl adjacent to an activating group) is 1. The van der Waals surface area contributed by atoms with E-state index in [9.17, 15) is 14.7 Å². The van der Waals surface area contributed by atoms with Crippen LogP contribution in [0.4, 0.5) is 9.80 Å². The van der Waals surface area contributed by atoms with Crippen LogP contribution in [0, 0.1) is 13.8 Å². The van der Waals surface area contributed by atoms with Gasteiger partial charge in [0.05, 0.1) is 5.56 Å². The lowest BCUT2D eigenvalue weighted by molar-refractivity contribution is 0.0697. The molecule has 0 radical (unpaired) electrons. The first kappa shape index (κ1) is 15.2. The molecule has 0 unspecified atom stereocenters. The van der Waals surface area contributed by atoms with Crippen molar-refractivity contribution in [2.45, 2.75) is 20.8 Å². The maximum absolute atomic E-state index is 11.9. The molecule has 0 aliphatic heterocycles. The van der Waals surface area contributed by atoms with E-state index in [2.05, 4.69) is 11.9 Å². The third kappa shape index (κ3) is 3.57. The van der Waals surface area contributed by atoms with E-state index in [0.29, 0.717) is 17.1 Å². The lowest BCUT2D eigenvalue weighted by Crippen LogP contribution is -2.32. The van der Waals surface area contributed by atoms with E-state index in [4.69, 9.17) is 0 Å². The third-order valence-corrected chi connectivity index (χ3v) is 3.80. The highest BCUT2D eigenvalue weighted by atomic mass is 32.1. The quantitative estimate of drug-likeness (QED) is 0.834. The largest absolute Gasteiger partial charge is 0.478 e. The number of nitrogens with zero attached hydrogens (tertiary/aromatic N) is 1. The standard InChI is InChI=1S/C13H18N2O3S/c1-7(2)6-15(5)13(18)14-11-10(12(16)17)8(3)9(4)19-11/h1,6H2,2-5H3,(H,14,18)(H,16,17). The summed E-state index contributed by atoms with van der Waals surface area (Å²) in [5.41, 5.74) is 1.71. The first-order valence-corrected chi connectivity index (χ1v) is 6.55. The summed E-state index contributed by atoms with van der Waals surface area (Å²) in [4.78, 5) is 25.5. The van der Waals surface area contributed by atoms with Gasteiger partial charge in [-0.05, 0) is 26.3 Å². The van der Waals surface area contributed by atoms with Gasteiger partial charge in [-0.3, -0.25) is 5.32 Å². The summed E-state index contributed by atoms with van der Waals surface area (Å²) in [6.07, 6.45) is 0. The van der Waals surface area contributed by atoms with Crippen molar-refractivity contribution >= 4 is 28.3 Å². The minimum Gasteiger partial charge on any atom is -0.478 e. The van der Waals surface area contributed by atoms with Crippen molar-refractivity contribution in [2.75, 3.05) is 18.9 Å². The lowest BCUT2D eigenvalue weighted by atomic mass is 10.1. The Morgan fingerprint density at radius 2 is 2.00 bits per heavy atom. The number of amides is 2. The van der Waals surface area contributed by atoms with Crippen LogP contribution < -0.4 is 5.32 Å². The van der Waals surface area contributed by atoms with Gasteiger partial charge in [0.1, 0.15) is 5.00 Å². The Labute approximate surface area is 116 Å². The fourth-order valence-electron chi connectivity index (χ4n) is 1.64. The molecule has 0 aliphatic rings. The van der Waals surface area contributed by atoms with Crippen molar-refractivity contribution < 1.29 is 14.7 Å². The number of aryl methyl sites for hydroxylation is 1. The van der Waals surface area contributed by atoms with E-state index in [-0.39, 0.29) is 11.6 Å². The van der Waals surface area contributed by atoms with E-state index >= 15 is 0 Å². The molecule has 1 aromatic rings. The Morgan fingerprint density at radius 1 is 1.42 bits per heavy atom. The zero-order valence-corrected chi connectivity index (χ0v) is 12.3. The molecule has 0 aromatic carbocycles. The smallest absolute Gasteiger partial charge is 0.338 e. The molecule has 0 aliphatic carbocycles. The molecule has 19 heavy (non-hydrogen) atoms. The van der Waals surface area contributed by atoms with Crippen LogP contribution in [0.25, 0.3) is 0 Å². The molecule has 1 rings (SSSR count). The number of hydrogen-bond donors (Lipinski definition) is 2. The van der Waals surface area contributed by atoms with E-state index in [1.165, 1.54) is 16.2 Å². The number of carboxylic acid groups (broad SMARTS) is 1. The molecule has 5 nitrogen and oxygen atoms in total. The second-order valence-corrected chi connectivity index (χ2v) is 5.76. The highest BCUT2D eigenvalue weighted by molar-refractivity contribution is 7.16. The van der Waals surface area contributed by atoms with Gasteiger partial charge in [0.2, 0.25) is 0 Å². The van der Waals surface area contributed by atoms with Gasteiger partial charge in [0, 0.05) is 18.5 Å². The van der Waals surface area contributed by atoms with Crippen LogP contribution in [0.15, 0.2) is 12.2 Å². The summed E-state index contributed by atoms with van der Waals surface area (Å²) in [6.45, 7) is 9.56. The number of thiophene rings is 1. The second kappa shape index (κ2) is 5.88. The monoisotopic (exact) mass is 282 g/mol. The van der Waals surface area contributed by atoms with E-state index in [1.54, 1.807) is 14.0 Å².